The molecular weight excluding hydrogens is 262 g/mol. The van der Waals surface area contributed by atoms with E-state index in [2.05, 4.69) is 36.4 Å². The van der Waals surface area contributed by atoms with Crippen molar-refractivity contribution >= 4 is 11.7 Å². The number of aromatic nitrogens is 1. The molecule has 4 nitrogen and oxygen atoms in total. The summed E-state index contributed by atoms with van der Waals surface area (Å²) in [5, 5.41) is 6.12. The molecule has 0 saturated heterocycles. The summed E-state index contributed by atoms with van der Waals surface area (Å²) in [5.74, 6) is 0.644. The molecule has 0 aliphatic carbocycles. The molecule has 0 radical (unpaired) electrons. The monoisotopic (exact) mass is 291 g/mol. The van der Waals surface area contributed by atoms with E-state index in [4.69, 9.17) is 0 Å². The first kappa shape index (κ1) is 17.5. The maximum Gasteiger partial charge on any atom is 0.269 e. The van der Waals surface area contributed by atoms with E-state index in [0.717, 1.165) is 18.8 Å². The molecule has 1 rings (SSSR count). The van der Waals surface area contributed by atoms with E-state index in [1.807, 2.05) is 19.1 Å². The molecule has 1 amide bonds. The summed E-state index contributed by atoms with van der Waals surface area (Å²) in [7, 11) is 0. The lowest BCUT2D eigenvalue weighted by molar-refractivity contribution is 0.0929. The molecule has 0 atom stereocenters. The Labute approximate surface area is 128 Å². The summed E-state index contributed by atoms with van der Waals surface area (Å²) in [6.45, 7) is 10.1. The van der Waals surface area contributed by atoms with Crippen LogP contribution >= 0.6 is 0 Å². The third-order valence-corrected chi connectivity index (χ3v) is 3.52. The molecule has 0 fully saturated rings. The van der Waals surface area contributed by atoms with Gasteiger partial charge in [0.15, 0.2) is 0 Å². The first-order chi connectivity index (χ1) is 9.98. The maximum atomic E-state index is 12.2. The summed E-state index contributed by atoms with van der Waals surface area (Å²) < 4.78 is 0. The third kappa shape index (κ3) is 6.61. The van der Waals surface area contributed by atoms with E-state index < -0.39 is 0 Å². The third-order valence-electron chi connectivity index (χ3n) is 3.52. The van der Waals surface area contributed by atoms with Gasteiger partial charge in [-0.3, -0.25) is 4.79 Å². The highest BCUT2D eigenvalue weighted by atomic mass is 16.1. The first-order valence-electron chi connectivity index (χ1n) is 7.97. The van der Waals surface area contributed by atoms with E-state index in [1.54, 1.807) is 6.07 Å². The van der Waals surface area contributed by atoms with Crippen LogP contribution in [-0.4, -0.2) is 24.0 Å². The van der Waals surface area contributed by atoms with Crippen LogP contribution in [0.1, 0.15) is 63.9 Å². The van der Waals surface area contributed by atoms with Crippen molar-refractivity contribution in [3.8, 4) is 0 Å². The minimum atomic E-state index is -0.0988. The fourth-order valence-corrected chi connectivity index (χ4v) is 2.19. The Morgan fingerprint density at radius 1 is 1.24 bits per heavy atom. The Morgan fingerprint density at radius 2 is 2.00 bits per heavy atom. The van der Waals surface area contributed by atoms with Crippen LogP contribution in [0.15, 0.2) is 18.2 Å². The molecule has 118 valence electrons. The van der Waals surface area contributed by atoms with Gasteiger partial charge in [0.2, 0.25) is 0 Å². The second-order valence-electron chi connectivity index (χ2n) is 6.24. The van der Waals surface area contributed by atoms with Gasteiger partial charge in [0.25, 0.3) is 5.91 Å². The van der Waals surface area contributed by atoms with Crippen LogP contribution in [0.5, 0.6) is 0 Å². The number of hydrogen-bond acceptors (Lipinski definition) is 3. The predicted octanol–water partition coefficient (Wildman–Crippen LogP) is 3.85. The van der Waals surface area contributed by atoms with E-state index >= 15 is 0 Å². The lowest BCUT2D eigenvalue weighted by atomic mass is 9.87. The van der Waals surface area contributed by atoms with Crippen molar-refractivity contribution in [2.45, 2.75) is 53.4 Å². The lowest BCUT2D eigenvalue weighted by Crippen LogP contribution is -2.34. The number of carbonyl (C=O) groups is 1. The van der Waals surface area contributed by atoms with Crippen LogP contribution in [-0.2, 0) is 0 Å². The molecular formula is C17H29N3O. The lowest BCUT2D eigenvalue weighted by Gasteiger charge is -2.24. The van der Waals surface area contributed by atoms with E-state index in [-0.39, 0.29) is 11.3 Å². The van der Waals surface area contributed by atoms with Crippen LogP contribution in [0.4, 0.5) is 5.82 Å². The molecule has 1 heterocycles. The van der Waals surface area contributed by atoms with Crippen molar-refractivity contribution in [1.29, 1.82) is 0 Å². The molecule has 0 unspecified atom stereocenters. The number of nitrogens with zero attached hydrogens (tertiary/aromatic N) is 1. The summed E-state index contributed by atoms with van der Waals surface area (Å²) in [4.78, 5) is 16.5. The second kappa shape index (κ2) is 8.65. The summed E-state index contributed by atoms with van der Waals surface area (Å²) in [6.07, 6.45) is 4.83. The molecule has 21 heavy (non-hydrogen) atoms. The van der Waals surface area contributed by atoms with Crippen molar-refractivity contribution in [3.63, 3.8) is 0 Å². The molecule has 1 aromatic rings. The molecule has 2 N–H and O–H groups in total. The topological polar surface area (TPSA) is 54.0 Å². The number of rotatable bonds is 9. The van der Waals surface area contributed by atoms with Crippen molar-refractivity contribution in [3.05, 3.63) is 23.9 Å². The van der Waals surface area contributed by atoms with Crippen LogP contribution in [0.25, 0.3) is 0 Å². The van der Waals surface area contributed by atoms with Crippen molar-refractivity contribution in [1.82, 2.24) is 10.3 Å². The molecule has 1 aromatic heterocycles. The van der Waals surface area contributed by atoms with Crippen LogP contribution in [0, 0.1) is 5.41 Å². The van der Waals surface area contributed by atoms with Gasteiger partial charge in [-0.25, -0.2) is 4.98 Å². The normalized spacial score (nSPS) is 11.2. The Kier molecular flexibility index (Phi) is 7.20. The zero-order chi connectivity index (χ0) is 15.7. The number of hydrogen-bond donors (Lipinski definition) is 2. The SMILES string of the molecule is CCCCCC(C)(C)CNC(=O)c1cccc(NCC)n1. The number of amides is 1. The van der Waals surface area contributed by atoms with E-state index in [9.17, 15) is 4.79 Å². The van der Waals surface area contributed by atoms with Gasteiger partial charge in [0, 0.05) is 13.1 Å². The highest BCUT2D eigenvalue weighted by Crippen LogP contribution is 2.22. The Balaban J connectivity index is 2.51. The van der Waals surface area contributed by atoms with E-state index in [0.29, 0.717) is 12.2 Å². The number of carbonyl (C=O) groups excluding carboxylic acids is 1. The minimum absolute atomic E-state index is 0.0988. The number of unbranched alkanes of at least 4 members (excludes halogenated alkanes) is 2. The smallest absolute Gasteiger partial charge is 0.269 e. The second-order valence-corrected chi connectivity index (χ2v) is 6.24. The number of pyridine rings is 1. The van der Waals surface area contributed by atoms with Crippen molar-refractivity contribution < 1.29 is 4.79 Å². The molecule has 0 aliphatic rings. The average molecular weight is 291 g/mol. The van der Waals surface area contributed by atoms with Gasteiger partial charge in [0.1, 0.15) is 11.5 Å². The Hall–Kier alpha value is -1.58. The summed E-state index contributed by atoms with van der Waals surface area (Å²) >= 11 is 0. The summed E-state index contributed by atoms with van der Waals surface area (Å²) in [6, 6.07) is 5.47. The fraction of sp³-hybridized carbons (Fsp3) is 0.647. The summed E-state index contributed by atoms with van der Waals surface area (Å²) in [5.41, 5.74) is 0.599. The Morgan fingerprint density at radius 3 is 2.67 bits per heavy atom. The van der Waals surface area contributed by atoms with Gasteiger partial charge in [-0.2, -0.15) is 0 Å². The van der Waals surface area contributed by atoms with Crippen LogP contribution in [0.3, 0.4) is 0 Å². The zero-order valence-corrected chi connectivity index (χ0v) is 13.8. The maximum absolute atomic E-state index is 12.2. The predicted molar refractivity (Wildman–Crippen MR) is 88.7 cm³/mol. The molecule has 0 aromatic carbocycles. The molecule has 4 heteroatoms. The minimum Gasteiger partial charge on any atom is -0.370 e. The van der Waals surface area contributed by atoms with Gasteiger partial charge >= 0.3 is 0 Å². The highest BCUT2D eigenvalue weighted by Gasteiger charge is 2.19. The van der Waals surface area contributed by atoms with Gasteiger partial charge in [-0.1, -0.05) is 46.1 Å². The molecule has 0 aliphatic heterocycles. The first-order valence-corrected chi connectivity index (χ1v) is 7.97. The average Bonchev–Trinajstić information content (AvgIpc) is 2.46. The van der Waals surface area contributed by atoms with Crippen molar-refractivity contribution in [2.24, 2.45) is 5.41 Å². The number of anilines is 1. The van der Waals surface area contributed by atoms with Gasteiger partial charge in [-0.05, 0) is 30.9 Å². The van der Waals surface area contributed by atoms with Crippen molar-refractivity contribution in [2.75, 3.05) is 18.4 Å². The van der Waals surface area contributed by atoms with Crippen LogP contribution in [0.2, 0.25) is 0 Å². The van der Waals surface area contributed by atoms with Gasteiger partial charge in [-0.15, -0.1) is 0 Å². The zero-order valence-electron chi connectivity index (χ0n) is 13.8. The fourth-order valence-electron chi connectivity index (χ4n) is 2.19. The quantitative estimate of drug-likeness (QED) is 0.679. The highest BCUT2D eigenvalue weighted by molar-refractivity contribution is 5.92. The van der Waals surface area contributed by atoms with Gasteiger partial charge < -0.3 is 10.6 Å². The largest absolute Gasteiger partial charge is 0.370 e. The number of nitrogens with one attached hydrogen (secondary N) is 2. The Bertz CT molecular complexity index is 443. The standard InChI is InChI=1S/C17H29N3O/c1-5-7-8-12-17(3,4)13-19-16(21)14-10-9-11-15(20-14)18-6-2/h9-11H,5-8,12-13H2,1-4H3,(H,18,20)(H,19,21). The molecule has 0 spiro atoms. The van der Waals surface area contributed by atoms with E-state index in [1.165, 1.54) is 19.3 Å². The molecule has 0 saturated carbocycles. The molecule has 0 bridgehead atoms. The van der Waals surface area contributed by atoms with Gasteiger partial charge in [0.05, 0.1) is 0 Å². The van der Waals surface area contributed by atoms with Crippen LogP contribution < -0.4 is 10.6 Å².